The molecule has 7 nitrogen and oxygen atoms in total. The van der Waals surface area contributed by atoms with Gasteiger partial charge in [-0.3, -0.25) is 4.98 Å². The predicted octanol–water partition coefficient (Wildman–Crippen LogP) is 4.85. The van der Waals surface area contributed by atoms with Gasteiger partial charge in [0, 0.05) is 30.5 Å². The SMILES string of the molecule is CC(C)n1cnc2c(NCCc3ccc(O)cc3)nc(-c3cncc(C(F)(F)F)c3)nc21. The number of hydrogen-bond acceptors (Lipinski definition) is 6. The summed E-state index contributed by atoms with van der Waals surface area (Å²) < 4.78 is 41.3. The molecule has 0 atom stereocenters. The van der Waals surface area contributed by atoms with Crippen molar-refractivity contribution in [1.29, 1.82) is 0 Å². The maximum atomic E-state index is 13.2. The van der Waals surface area contributed by atoms with E-state index in [9.17, 15) is 18.3 Å². The minimum atomic E-state index is -4.52. The molecule has 0 fully saturated rings. The summed E-state index contributed by atoms with van der Waals surface area (Å²) in [6.45, 7) is 4.44. The van der Waals surface area contributed by atoms with E-state index in [2.05, 4.69) is 25.3 Å². The minimum Gasteiger partial charge on any atom is -0.508 e. The molecule has 3 heterocycles. The summed E-state index contributed by atoms with van der Waals surface area (Å²) in [4.78, 5) is 17.1. The number of rotatable bonds is 6. The first-order valence-corrected chi connectivity index (χ1v) is 10.0. The van der Waals surface area contributed by atoms with Crippen LogP contribution >= 0.6 is 0 Å². The Balaban J connectivity index is 1.71. The number of imidazole rings is 1. The predicted molar refractivity (Wildman–Crippen MR) is 114 cm³/mol. The summed E-state index contributed by atoms with van der Waals surface area (Å²) in [5, 5.41) is 12.6. The summed E-state index contributed by atoms with van der Waals surface area (Å²) >= 11 is 0. The van der Waals surface area contributed by atoms with Crippen molar-refractivity contribution in [3.05, 3.63) is 60.2 Å². The lowest BCUT2D eigenvalue weighted by atomic mass is 10.1. The van der Waals surface area contributed by atoms with Gasteiger partial charge in [-0.25, -0.2) is 15.0 Å². The maximum Gasteiger partial charge on any atom is 0.417 e. The molecule has 0 bridgehead atoms. The maximum absolute atomic E-state index is 13.2. The summed E-state index contributed by atoms with van der Waals surface area (Å²) in [6, 6.07) is 7.90. The molecule has 166 valence electrons. The van der Waals surface area contributed by atoms with Crippen molar-refractivity contribution in [2.24, 2.45) is 0 Å². The molecular weight excluding hydrogens is 421 g/mol. The molecule has 32 heavy (non-hydrogen) atoms. The van der Waals surface area contributed by atoms with E-state index in [4.69, 9.17) is 0 Å². The number of aromatic hydroxyl groups is 1. The van der Waals surface area contributed by atoms with Crippen molar-refractivity contribution in [3.63, 3.8) is 0 Å². The molecule has 0 spiro atoms. The van der Waals surface area contributed by atoms with Crippen LogP contribution in [0, 0.1) is 0 Å². The Morgan fingerprint density at radius 3 is 2.53 bits per heavy atom. The largest absolute Gasteiger partial charge is 0.508 e. The zero-order valence-corrected chi connectivity index (χ0v) is 17.4. The van der Waals surface area contributed by atoms with Crippen molar-refractivity contribution in [2.45, 2.75) is 32.5 Å². The minimum absolute atomic E-state index is 0.0484. The number of halogens is 3. The highest BCUT2D eigenvalue weighted by molar-refractivity contribution is 5.85. The Bertz CT molecular complexity index is 1230. The average molecular weight is 442 g/mol. The van der Waals surface area contributed by atoms with Crippen LogP contribution in [0.3, 0.4) is 0 Å². The molecule has 4 aromatic rings. The van der Waals surface area contributed by atoms with E-state index in [1.807, 2.05) is 30.5 Å². The fourth-order valence-corrected chi connectivity index (χ4v) is 3.25. The molecule has 3 aromatic heterocycles. The van der Waals surface area contributed by atoms with Crippen molar-refractivity contribution in [1.82, 2.24) is 24.5 Å². The number of anilines is 1. The Morgan fingerprint density at radius 1 is 1.09 bits per heavy atom. The van der Waals surface area contributed by atoms with Gasteiger partial charge in [-0.2, -0.15) is 13.2 Å². The van der Waals surface area contributed by atoms with Gasteiger partial charge in [0.25, 0.3) is 0 Å². The topological polar surface area (TPSA) is 88.8 Å². The van der Waals surface area contributed by atoms with E-state index >= 15 is 0 Å². The zero-order chi connectivity index (χ0) is 22.9. The monoisotopic (exact) mass is 442 g/mol. The lowest BCUT2D eigenvalue weighted by Crippen LogP contribution is -2.10. The fourth-order valence-electron chi connectivity index (χ4n) is 3.25. The summed E-state index contributed by atoms with van der Waals surface area (Å²) in [5.41, 5.74) is 1.37. The number of nitrogens with zero attached hydrogens (tertiary/aromatic N) is 5. The third kappa shape index (κ3) is 4.48. The average Bonchev–Trinajstić information content (AvgIpc) is 3.19. The number of alkyl halides is 3. The molecule has 10 heteroatoms. The standard InChI is InChI=1S/C22H21F3N6O/c1-13(2)31-12-28-18-20(27-8-7-14-3-5-17(32)6-4-14)29-19(30-21(18)31)15-9-16(11-26-10-15)22(23,24)25/h3-6,9-13,32H,7-8H2,1-2H3,(H,27,29,30). The third-order valence-electron chi connectivity index (χ3n) is 4.94. The highest BCUT2D eigenvalue weighted by atomic mass is 19.4. The summed E-state index contributed by atoms with van der Waals surface area (Å²) in [6.07, 6.45) is -0.137. The van der Waals surface area contributed by atoms with Crippen LogP contribution in [0.2, 0.25) is 0 Å². The number of benzene rings is 1. The molecule has 0 aliphatic rings. The van der Waals surface area contributed by atoms with E-state index in [0.717, 1.165) is 17.8 Å². The van der Waals surface area contributed by atoms with E-state index in [1.54, 1.807) is 18.5 Å². The van der Waals surface area contributed by atoms with Crippen LogP contribution in [-0.4, -0.2) is 36.2 Å². The number of aromatic nitrogens is 5. The zero-order valence-electron chi connectivity index (χ0n) is 17.4. The van der Waals surface area contributed by atoms with Crippen LogP contribution in [0.1, 0.15) is 31.0 Å². The van der Waals surface area contributed by atoms with E-state index in [0.29, 0.717) is 29.9 Å². The van der Waals surface area contributed by atoms with Crippen LogP contribution in [0.25, 0.3) is 22.6 Å². The number of phenolic OH excluding ortho intramolecular Hbond substituents is 1. The Labute approximate surface area is 182 Å². The molecule has 0 saturated heterocycles. The molecular formula is C22H21F3N6O. The van der Waals surface area contributed by atoms with Gasteiger partial charge in [-0.15, -0.1) is 0 Å². The summed E-state index contributed by atoms with van der Waals surface area (Å²) in [5.74, 6) is 0.754. The Morgan fingerprint density at radius 2 is 1.84 bits per heavy atom. The van der Waals surface area contributed by atoms with Crippen LogP contribution in [0.15, 0.2) is 49.1 Å². The fraction of sp³-hybridized carbons (Fsp3) is 0.273. The first-order chi connectivity index (χ1) is 15.2. The van der Waals surface area contributed by atoms with Gasteiger partial charge in [0.05, 0.1) is 11.9 Å². The van der Waals surface area contributed by atoms with Gasteiger partial charge in [0.1, 0.15) is 11.3 Å². The first-order valence-electron chi connectivity index (χ1n) is 10.0. The number of nitrogens with one attached hydrogen (secondary N) is 1. The van der Waals surface area contributed by atoms with Gasteiger partial charge in [0.15, 0.2) is 17.3 Å². The van der Waals surface area contributed by atoms with Gasteiger partial charge in [-0.05, 0) is 44.0 Å². The van der Waals surface area contributed by atoms with Crippen LogP contribution < -0.4 is 5.32 Å². The quantitative estimate of drug-likeness (QED) is 0.444. The Kier molecular flexibility index (Phi) is 5.68. The second kappa shape index (κ2) is 8.45. The molecule has 1 aromatic carbocycles. The molecule has 0 unspecified atom stereocenters. The third-order valence-corrected chi connectivity index (χ3v) is 4.94. The molecule has 2 N–H and O–H groups in total. The van der Waals surface area contributed by atoms with Crippen LogP contribution in [0.5, 0.6) is 5.75 Å². The second-order valence-electron chi connectivity index (χ2n) is 7.62. The summed E-state index contributed by atoms with van der Waals surface area (Å²) in [7, 11) is 0. The normalized spacial score (nSPS) is 11.9. The molecule has 0 saturated carbocycles. The number of fused-ring (bicyclic) bond motifs is 1. The van der Waals surface area contributed by atoms with E-state index in [-0.39, 0.29) is 23.2 Å². The van der Waals surface area contributed by atoms with Gasteiger partial charge in [0.2, 0.25) is 0 Å². The smallest absolute Gasteiger partial charge is 0.417 e. The van der Waals surface area contributed by atoms with Crippen LogP contribution in [0.4, 0.5) is 19.0 Å². The van der Waals surface area contributed by atoms with Gasteiger partial charge >= 0.3 is 6.18 Å². The van der Waals surface area contributed by atoms with Crippen molar-refractivity contribution < 1.29 is 18.3 Å². The van der Waals surface area contributed by atoms with Crippen molar-refractivity contribution >= 4 is 17.0 Å². The van der Waals surface area contributed by atoms with E-state index in [1.165, 1.54) is 6.20 Å². The molecule has 0 aliphatic carbocycles. The van der Waals surface area contributed by atoms with Crippen molar-refractivity contribution in [2.75, 3.05) is 11.9 Å². The number of phenols is 1. The van der Waals surface area contributed by atoms with E-state index < -0.39 is 11.7 Å². The lowest BCUT2D eigenvalue weighted by molar-refractivity contribution is -0.137. The van der Waals surface area contributed by atoms with Gasteiger partial charge in [-0.1, -0.05) is 12.1 Å². The Hall–Kier alpha value is -3.69. The second-order valence-corrected chi connectivity index (χ2v) is 7.62. The number of pyridine rings is 1. The molecule has 4 rings (SSSR count). The highest BCUT2D eigenvalue weighted by Gasteiger charge is 2.31. The molecule has 0 amide bonds. The highest BCUT2D eigenvalue weighted by Crippen LogP contribution is 2.32. The van der Waals surface area contributed by atoms with Crippen molar-refractivity contribution in [3.8, 4) is 17.1 Å². The van der Waals surface area contributed by atoms with Crippen LogP contribution in [-0.2, 0) is 12.6 Å². The lowest BCUT2D eigenvalue weighted by Gasteiger charge is -2.12. The van der Waals surface area contributed by atoms with Gasteiger partial charge < -0.3 is 15.0 Å². The number of hydrogen-bond donors (Lipinski definition) is 2. The first kappa shape index (κ1) is 21.5. The molecule has 0 aliphatic heterocycles. The molecule has 0 radical (unpaired) electrons.